The molecular formula is C41H25N5Si. The molecule has 6 aromatic carbocycles. The maximum absolute atomic E-state index is 9.65. The van der Waals surface area contributed by atoms with Crippen LogP contribution in [0.4, 0.5) is 0 Å². The van der Waals surface area contributed by atoms with E-state index in [-0.39, 0.29) is 0 Å². The summed E-state index contributed by atoms with van der Waals surface area (Å²) in [7, 11) is -1.98. The fourth-order valence-corrected chi connectivity index (χ4v) is 10.8. The number of aromatic nitrogens is 2. The van der Waals surface area contributed by atoms with Crippen molar-refractivity contribution in [3.05, 3.63) is 132 Å². The predicted octanol–water partition coefficient (Wildman–Crippen LogP) is 8.30. The van der Waals surface area contributed by atoms with Gasteiger partial charge in [-0.3, -0.25) is 0 Å². The van der Waals surface area contributed by atoms with Gasteiger partial charge in [0.2, 0.25) is 0 Å². The van der Waals surface area contributed by atoms with Crippen molar-refractivity contribution in [2.24, 2.45) is 0 Å². The Hall–Kier alpha value is -6.39. The highest BCUT2D eigenvalue weighted by Gasteiger charge is 2.38. The number of para-hydroxylation sites is 1. The first kappa shape index (κ1) is 27.0. The van der Waals surface area contributed by atoms with E-state index < -0.39 is 8.07 Å². The van der Waals surface area contributed by atoms with Gasteiger partial charge in [0.05, 0.1) is 57.0 Å². The standard InChI is InChI=1S/C41H25N5Si/c1-47(2)40-15-10-28(45-36-6-4-3-5-30(36)31-17-25(22-42)7-12-37(31)45)20-34(40)35-21-29(11-16-41(35)47)46-38-13-8-26(23-43)18-32(38)33-19-27(24-44)9-14-39(33)46/h3-21H,1-2H3. The van der Waals surface area contributed by atoms with Gasteiger partial charge < -0.3 is 9.13 Å². The van der Waals surface area contributed by atoms with Crippen LogP contribution in [0.2, 0.25) is 13.1 Å². The highest BCUT2D eigenvalue weighted by molar-refractivity contribution is 7.03. The average Bonchev–Trinajstić information content (AvgIpc) is 3.69. The molecule has 218 valence electrons. The topological polar surface area (TPSA) is 81.2 Å². The number of hydrogen-bond donors (Lipinski definition) is 0. The second-order valence-corrected chi connectivity index (χ2v) is 17.1. The molecule has 0 aliphatic carbocycles. The minimum Gasteiger partial charge on any atom is -0.309 e. The summed E-state index contributed by atoms with van der Waals surface area (Å²) in [5.41, 5.74) is 10.7. The number of hydrogen-bond acceptors (Lipinski definition) is 3. The largest absolute Gasteiger partial charge is 0.309 e. The van der Waals surface area contributed by atoms with Gasteiger partial charge in [-0.25, -0.2) is 0 Å². The molecule has 0 N–H and O–H groups in total. The summed E-state index contributed by atoms with van der Waals surface area (Å²) in [4.78, 5) is 0. The van der Waals surface area contributed by atoms with Crippen LogP contribution in [0.3, 0.4) is 0 Å². The van der Waals surface area contributed by atoms with Crippen molar-refractivity contribution in [1.82, 2.24) is 9.13 Å². The summed E-state index contributed by atoms with van der Waals surface area (Å²) in [5.74, 6) is 0. The Balaban J connectivity index is 1.29. The molecule has 0 amide bonds. The molecule has 0 atom stereocenters. The molecule has 0 bridgehead atoms. The number of nitriles is 3. The van der Waals surface area contributed by atoms with Gasteiger partial charge in [0.15, 0.2) is 0 Å². The second kappa shape index (κ2) is 9.55. The first-order valence-corrected chi connectivity index (χ1v) is 18.5. The Morgan fingerprint density at radius 3 is 1.30 bits per heavy atom. The third-order valence-electron chi connectivity index (χ3n) is 9.98. The normalized spacial score (nSPS) is 13.0. The SMILES string of the molecule is C[Si]1(C)c2ccc(-n3c4ccccc4c4cc(C#N)ccc43)cc2-c2cc(-n3c4ccc(C#N)cc4c4cc(C#N)ccc43)ccc21. The van der Waals surface area contributed by atoms with E-state index >= 15 is 0 Å². The van der Waals surface area contributed by atoms with Crippen molar-refractivity contribution >= 4 is 62.1 Å². The van der Waals surface area contributed by atoms with Crippen LogP contribution in [0.25, 0.3) is 66.1 Å². The van der Waals surface area contributed by atoms with E-state index in [1.54, 1.807) is 0 Å². The lowest BCUT2D eigenvalue weighted by Crippen LogP contribution is -2.49. The summed E-state index contributed by atoms with van der Waals surface area (Å²) in [5, 5.41) is 35.9. The Labute approximate surface area is 272 Å². The molecule has 5 nitrogen and oxygen atoms in total. The zero-order valence-electron chi connectivity index (χ0n) is 25.7. The molecule has 1 aliphatic rings. The monoisotopic (exact) mass is 615 g/mol. The van der Waals surface area contributed by atoms with E-state index in [1.165, 1.54) is 21.5 Å². The smallest absolute Gasteiger partial charge is 0.113 e. The summed E-state index contributed by atoms with van der Waals surface area (Å²) in [6.45, 7) is 4.85. The molecule has 47 heavy (non-hydrogen) atoms. The summed E-state index contributed by atoms with van der Waals surface area (Å²) < 4.78 is 4.57. The molecule has 0 spiro atoms. The molecule has 0 radical (unpaired) electrons. The molecule has 0 unspecified atom stereocenters. The molecular weight excluding hydrogens is 591 g/mol. The molecule has 0 fully saturated rings. The zero-order valence-corrected chi connectivity index (χ0v) is 26.7. The zero-order chi connectivity index (χ0) is 32.0. The van der Waals surface area contributed by atoms with Gasteiger partial charge in [0, 0.05) is 32.9 Å². The maximum atomic E-state index is 9.65. The van der Waals surface area contributed by atoms with Gasteiger partial charge in [0.1, 0.15) is 8.07 Å². The summed E-state index contributed by atoms with van der Waals surface area (Å²) >= 11 is 0. The van der Waals surface area contributed by atoms with Crippen molar-refractivity contribution in [1.29, 1.82) is 15.8 Å². The van der Waals surface area contributed by atoms with Crippen molar-refractivity contribution in [2.75, 3.05) is 0 Å². The fourth-order valence-electron chi connectivity index (χ4n) is 7.78. The summed E-state index contributed by atoms with van der Waals surface area (Å²) in [6, 6.07) is 46.5. The van der Waals surface area contributed by atoms with Crippen LogP contribution < -0.4 is 10.4 Å². The minimum absolute atomic E-state index is 0.593. The van der Waals surface area contributed by atoms with Gasteiger partial charge in [-0.1, -0.05) is 43.4 Å². The number of rotatable bonds is 2. The maximum Gasteiger partial charge on any atom is 0.113 e. The van der Waals surface area contributed by atoms with Crippen molar-refractivity contribution in [3.63, 3.8) is 0 Å². The van der Waals surface area contributed by atoms with Gasteiger partial charge in [-0.15, -0.1) is 0 Å². The van der Waals surface area contributed by atoms with Gasteiger partial charge in [0.25, 0.3) is 0 Å². The van der Waals surface area contributed by atoms with Gasteiger partial charge in [-0.2, -0.15) is 15.8 Å². The first-order chi connectivity index (χ1) is 22.9. The Bertz CT molecular complexity index is 2740. The van der Waals surface area contributed by atoms with Crippen molar-refractivity contribution < 1.29 is 0 Å². The highest BCUT2D eigenvalue weighted by atomic mass is 28.3. The minimum atomic E-state index is -1.98. The summed E-state index contributed by atoms with van der Waals surface area (Å²) in [6.07, 6.45) is 0. The number of benzene rings is 6. The van der Waals surface area contributed by atoms with E-state index in [0.717, 1.165) is 55.0 Å². The Morgan fingerprint density at radius 1 is 0.447 bits per heavy atom. The van der Waals surface area contributed by atoms with Crippen LogP contribution in [-0.4, -0.2) is 17.2 Å². The van der Waals surface area contributed by atoms with E-state index in [9.17, 15) is 15.8 Å². The average molecular weight is 616 g/mol. The van der Waals surface area contributed by atoms with E-state index in [4.69, 9.17) is 0 Å². The molecule has 1 aliphatic heterocycles. The third-order valence-corrected chi connectivity index (χ3v) is 13.5. The van der Waals surface area contributed by atoms with Crippen LogP contribution in [0.15, 0.2) is 115 Å². The Morgan fingerprint density at radius 2 is 0.851 bits per heavy atom. The van der Waals surface area contributed by atoms with Gasteiger partial charge in [-0.05, 0) is 106 Å². The van der Waals surface area contributed by atoms with Crippen molar-refractivity contribution in [2.45, 2.75) is 13.1 Å². The highest BCUT2D eigenvalue weighted by Crippen LogP contribution is 2.38. The molecule has 6 heteroatoms. The quantitative estimate of drug-likeness (QED) is 0.184. The van der Waals surface area contributed by atoms with Crippen LogP contribution in [-0.2, 0) is 0 Å². The number of nitrogens with zero attached hydrogens (tertiary/aromatic N) is 5. The van der Waals surface area contributed by atoms with Crippen LogP contribution in [0.5, 0.6) is 0 Å². The van der Waals surface area contributed by atoms with Crippen molar-refractivity contribution in [3.8, 4) is 40.7 Å². The third kappa shape index (κ3) is 3.67. The fraction of sp³-hybridized carbons (Fsp3) is 0.0488. The lowest BCUT2D eigenvalue weighted by atomic mass is 10.0. The lowest BCUT2D eigenvalue weighted by Gasteiger charge is -2.19. The van der Waals surface area contributed by atoms with E-state index in [2.05, 4.69) is 107 Å². The second-order valence-electron chi connectivity index (χ2n) is 12.8. The predicted molar refractivity (Wildman–Crippen MR) is 191 cm³/mol. The molecule has 0 saturated heterocycles. The van der Waals surface area contributed by atoms with Crippen LogP contribution in [0, 0.1) is 34.0 Å². The number of fused-ring (bicyclic) bond motifs is 9. The lowest BCUT2D eigenvalue weighted by molar-refractivity contribution is 1.18. The molecule has 3 heterocycles. The Kier molecular flexibility index (Phi) is 5.48. The first-order valence-electron chi connectivity index (χ1n) is 15.5. The van der Waals surface area contributed by atoms with Crippen LogP contribution >= 0.6 is 0 Å². The van der Waals surface area contributed by atoms with E-state index in [1.807, 2.05) is 48.5 Å². The molecule has 8 aromatic rings. The van der Waals surface area contributed by atoms with E-state index in [0.29, 0.717) is 16.7 Å². The van der Waals surface area contributed by atoms with Crippen LogP contribution in [0.1, 0.15) is 16.7 Å². The molecule has 9 rings (SSSR count). The molecule has 2 aromatic heterocycles. The molecule has 0 saturated carbocycles. The van der Waals surface area contributed by atoms with Gasteiger partial charge >= 0.3 is 0 Å².